The van der Waals surface area contributed by atoms with Gasteiger partial charge in [0.05, 0.1) is 17.1 Å². The molecule has 2 aromatic rings. The molecule has 104 valence electrons. The molecule has 0 saturated carbocycles. The summed E-state index contributed by atoms with van der Waals surface area (Å²) >= 11 is 3.38. The largest absolute Gasteiger partial charge is 0.496 e. The highest BCUT2D eigenvalue weighted by Crippen LogP contribution is 2.28. The van der Waals surface area contributed by atoms with Crippen LogP contribution in [0.2, 0.25) is 0 Å². The van der Waals surface area contributed by atoms with Crippen LogP contribution in [0.25, 0.3) is 0 Å². The molecule has 0 aliphatic carbocycles. The Morgan fingerprint density at radius 3 is 2.70 bits per heavy atom. The van der Waals surface area contributed by atoms with Crippen LogP contribution in [0, 0.1) is 6.92 Å². The number of aryl methyl sites for hydroxylation is 1. The van der Waals surface area contributed by atoms with Gasteiger partial charge in [0, 0.05) is 11.4 Å². The summed E-state index contributed by atoms with van der Waals surface area (Å²) < 4.78 is 5.92. The Bertz CT molecular complexity index is 656. The van der Waals surface area contributed by atoms with Gasteiger partial charge in [0.15, 0.2) is 0 Å². The van der Waals surface area contributed by atoms with Gasteiger partial charge in [-0.1, -0.05) is 12.1 Å². The van der Waals surface area contributed by atoms with E-state index in [4.69, 9.17) is 10.5 Å². The SMILES string of the molecule is COc1ccc(NC(=O)c2cccc(C)c2N)cc1Br. The summed E-state index contributed by atoms with van der Waals surface area (Å²) in [6.45, 7) is 1.87. The van der Waals surface area contributed by atoms with Gasteiger partial charge in [-0.2, -0.15) is 0 Å². The van der Waals surface area contributed by atoms with E-state index in [1.54, 1.807) is 31.4 Å². The van der Waals surface area contributed by atoms with Crippen molar-refractivity contribution in [3.05, 3.63) is 52.0 Å². The van der Waals surface area contributed by atoms with Crippen LogP contribution in [0.5, 0.6) is 5.75 Å². The van der Waals surface area contributed by atoms with Crippen LogP contribution < -0.4 is 15.8 Å². The molecular formula is C15H15BrN2O2. The third-order valence-corrected chi connectivity index (χ3v) is 3.60. The molecule has 2 aromatic carbocycles. The quantitative estimate of drug-likeness (QED) is 0.843. The molecule has 3 N–H and O–H groups in total. The second-order valence-corrected chi connectivity index (χ2v) is 5.19. The summed E-state index contributed by atoms with van der Waals surface area (Å²) in [7, 11) is 1.59. The van der Waals surface area contributed by atoms with Crippen LogP contribution in [0.4, 0.5) is 11.4 Å². The van der Waals surface area contributed by atoms with E-state index in [1.165, 1.54) is 0 Å². The molecule has 4 nitrogen and oxygen atoms in total. The molecule has 0 heterocycles. The van der Waals surface area contributed by atoms with Crippen molar-refractivity contribution in [2.75, 3.05) is 18.2 Å². The van der Waals surface area contributed by atoms with E-state index < -0.39 is 0 Å². The van der Waals surface area contributed by atoms with E-state index in [0.29, 0.717) is 22.7 Å². The number of halogens is 1. The lowest BCUT2D eigenvalue weighted by Gasteiger charge is -2.10. The van der Waals surface area contributed by atoms with Crippen molar-refractivity contribution in [3.63, 3.8) is 0 Å². The van der Waals surface area contributed by atoms with Crippen LogP contribution in [-0.4, -0.2) is 13.0 Å². The van der Waals surface area contributed by atoms with Crippen LogP contribution in [0.3, 0.4) is 0 Å². The number of methoxy groups -OCH3 is 1. The third kappa shape index (κ3) is 2.93. The number of carbonyl (C=O) groups excluding carboxylic acids is 1. The molecule has 2 rings (SSSR count). The highest BCUT2D eigenvalue weighted by molar-refractivity contribution is 9.10. The van der Waals surface area contributed by atoms with E-state index >= 15 is 0 Å². The van der Waals surface area contributed by atoms with Crippen molar-refractivity contribution >= 4 is 33.2 Å². The second kappa shape index (κ2) is 5.96. The first-order valence-corrected chi connectivity index (χ1v) is 6.82. The summed E-state index contributed by atoms with van der Waals surface area (Å²) in [5.41, 5.74) is 8.44. The van der Waals surface area contributed by atoms with Gasteiger partial charge in [0.25, 0.3) is 5.91 Å². The van der Waals surface area contributed by atoms with Crippen molar-refractivity contribution < 1.29 is 9.53 Å². The van der Waals surface area contributed by atoms with Gasteiger partial charge in [-0.25, -0.2) is 0 Å². The summed E-state index contributed by atoms with van der Waals surface area (Å²) in [6, 6.07) is 10.7. The number of amides is 1. The molecule has 0 spiro atoms. The van der Waals surface area contributed by atoms with Crippen molar-refractivity contribution in [1.82, 2.24) is 0 Å². The average Bonchev–Trinajstić information content (AvgIpc) is 2.42. The Balaban J connectivity index is 2.24. The molecule has 0 bridgehead atoms. The summed E-state index contributed by atoms with van der Waals surface area (Å²) in [6.07, 6.45) is 0. The first-order valence-electron chi connectivity index (χ1n) is 6.03. The predicted molar refractivity (Wildman–Crippen MR) is 84.2 cm³/mol. The number of hydrogen-bond donors (Lipinski definition) is 2. The van der Waals surface area contributed by atoms with Gasteiger partial charge in [0.1, 0.15) is 5.75 Å². The summed E-state index contributed by atoms with van der Waals surface area (Å²) in [5.74, 6) is 0.473. The first kappa shape index (κ1) is 14.4. The molecule has 0 aliphatic rings. The van der Waals surface area contributed by atoms with E-state index in [-0.39, 0.29) is 5.91 Å². The lowest BCUT2D eigenvalue weighted by Crippen LogP contribution is -2.14. The summed E-state index contributed by atoms with van der Waals surface area (Å²) in [5, 5.41) is 2.81. The fourth-order valence-electron chi connectivity index (χ4n) is 1.82. The van der Waals surface area contributed by atoms with Gasteiger partial charge in [-0.05, 0) is 52.7 Å². The van der Waals surface area contributed by atoms with Gasteiger partial charge < -0.3 is 15.8 Å². The Morgan fingerprint density at radius 1 is 1.30 bits per heavy atom. The predicted octanol–water partition coefficient (Wildman–Crippen LogP) is 3.60. The van der Waals surface area contributed by atoms with Crippen LogP contribution in [-0.2, 0) is 0 Å². The Morgan fingerprint density at radius 2 is 2.05 bits per heavy atom. The average molecular weight is 335 g/mol. The fraction of sp³-hybridized carbons (Fsp3) is 0.133. The molecule has 20 heavy (non-hydrogen) atoms. The number of carbonyl (C=O) groups is 1. The second-order valence-electron chi connectivity index (χ2n) is 4.34. The maximum absolute atomic E-state index is 12.2. The van der Waals surface area contributed by atoms with Crippen molar-refractivity contribution in [2.24, 2.45) is 0 Å². The van der Waals surface area contributed by atoms with Gasteiger partial charge >= 0.3 is 0 Å². The minimum absolute atomic E-state index is 0.233. The Kier molecular flexibility index (Phi) is 4.29. The minimum atomic E-state index is -0.233. The van der Waals surface area contributed by atoms with Crippen molar-refractivity contribution in [1.29, 1.82) is 0 Å². The normalized spacial score (nSPS) is 10.2. The number of rotatable bonds is 3. The molecule has 0 atom stereocenters. The molecule has 0 aliphatic heterocycles. The van der Waals surface area contributed by atoms with Crippen molar-refractivity contribution in [3.8, 4) is 5.75 Å². The molecule has 0 fully saturated rings. The monoisotopic (exact) mass is 334 g/mol. The number of anilines is 2. The minimum Gasteiger partial charge on any atom is -0.496 e. The van der Waals surface area contributed by atoms with E-state index in [9.17, 15) is 4.79 Å². The number of nitrogens with one attached hydrogen (secondary N) is 1. The van der Waals surface area contributed by atoms with E-state index in [1.807, 2.05) is 19.1 Å². The zero-order chi connectivity index (χ0) is 14.7. The van der Waals surface area contributed by atoms with E-state index in [0.717, 1.165) is 10.0 Å². The summed E-state index contributed by atoms with van der Waals surface area (Å²) in [4.78, 5) is 12.2. The molecule has 0 unspecified atom stereocenters. The van der Waals surface area contributed by atoms with E-state index in [2.05, 4.69) is 21.2 Å². The molecule has 1 amide bonds. The smallest absolute Gasteiger partial charge is 0.257 e. The fourth-order valence-corrected chi connectivity index (χ4v) is 2.36. The number of ether oxygens (including phenoxy) is 1. The highest BCUT2D eigenvalue weighted by Gasteiger charge is 2.11. The van der Waals surface area contributed by atoms with Crippen LogP contribution in [0.15, 0.2) is 40.9 Å². The number of benzene rings is 2. The number of hydrogen-bond acceptors (Lipinski definition) is 3. The lowest BCUT2D eigenvalue weighted by molar-refractivity contribution is 0.102. The van der Waals surface area contributed by atoms with Gasteiger partial charge in [0.2, 0.25) is 0 Å². The number of nitrogen functional groups attached to an aromatic ring is 1. The standard InChI is InChI=1S/C15H15BrN2O2/c1-9-4-3-5-11(14(9)17)15(19)18-10-6-7-13(20-2)12(16)8-10/h3-8H,17H2,1-2H3,(H,18,19). The Labute approximate surface area is 126 Å². The van der Waals surface area contributed by atoms with Crippen LogP contribution >= 0.6 is 15.9 Å². The zero-order valence-corrected chi connectivity index (χ0v) is 12.8. The number of para-hydroxylation sites is 1. The maximum atomic E-state index is 12.2. The molecular weight excluding hydrogens is 320 g/mol. The highest BCUT2D eigenvalue weighted by atomic mass is 79.9. The molecule has 5 heteroatoms. The number of nitrogens with two attached hydrogens (primary N) is 1. The first-order chi connectivity index (χ1) is 9.52. The molecule has 0 saturated heterocycles. The third-order valence-electron chi connectivity index (χ3n) is 2.98. The zero-order valence-electron chi connectivity index (χ0n) is 11.2. The Hall–Kier alpha value is -2.01. The topological polar surface area (TPSA) is 64.3 Å². The maximum Gasteiger partial charge on any atom is 0.257 e. The van der Waals surface area contributed by atoms with Crippen molar-refractivity contribution in [2.45, 2.75) is 6.92 Å². The van der Waals surface area contributed by atoms with Crippen LogP contribution in [0.1, 0.15) is 15.9 Å². The lowest BCUT2D eigenvalue weighted by atomic mass is 10.1. The van der Waals surface area contributed by atoms with Gasteiger partial charge in [-0.3, -0.25) is 4.79 Å². The molecule has 0 radical (unpaired) electrons. The van der Waals surface area contributed by atoms with Gasteiger partial charge in [-0.15, -0.1) is 0 Å². The molecule has 0 aromatic heterocycles.